The maximum atomic E-state index is 11.4. The summed E-state index contributed by atoms with van der Waals surface area (Å²) in [5.41, 5.74) is 0.521. The fraction of sp³-hybridized carbons (Fsp3) is 0.222. The van der Waals surface area contributed by atoms with E-state index in [1.807, 2.05) is 0 Å². The van der Waals surface area contributed by atoms with E-state index < -0.39 is 0 Å². The third-order valence-electron chi connectivity index (χ3n) is 1.44. The van der Waals surface area contributed by atoms with E-state index in [1.165, 1.54) is 17.4 Å². The number of amides is 1. The topological polar surface area (TPSA) is 33.5 Å². The molecule has 0 aliphatic heterocycles. The Balaban J connectivity index is 2.67. The highest BCUT2D eigenvalue weighted by Gasteiger charge is 2.10. The average Bonchev–Trinajstić information content (AvgIpc) is 2.55. The van der Waals surface area contributed by atoms with Gasteiger partial charge in [0.15, 0.2) is 0 Å². The number of carbonyl (C=O) groups excluding carboxylic acids is 1. The van der Waals surface area contributed by atoms with Crippen LogP contribution in [0.15, 0.2) is 23.0 Å². The third-order valence-corrected chi connectivity index (χ3v) is 1.44. The Morgan fingerprint density at radius 3 is 3.08 bits per heavy atom. The molecule has 0 aliphatic carbocycles. The summed E-state index contributed by atoms with van der Waals surface area (Å²) in [7, 11) is 1.65. The fourth-order valence-corrected chi connectivity index (χ4v) is 0.815. The Labute approximate surface area is 71.0 Å². The van der Waals surface area contributed by atoms with E-state index in [2.05, 4.69) is 5.92 Å². The molecule has 0 saturated heterocycles. The molecule has 1 aromatic heterocycles. The predicted octanol–water partition coefficient (Wildman–Crippen LogP) is 0.985. The van der Waals surface area contributed by atoms with Crippen molar-refractivity contribution in [1.29, 1.82) is 0 Å². The van der Waals surface area contributed by atoms with Crippen LogP contribution in [-0.2, 0) is 0 Å². The lowest BCUT2D eigenvalue weighted by atomic mass is 10.3. The van der Waals surface area contributed by atoms with Crippen molar-refractivity contribution in [3.05, 3.63) is 24.2 Å². The summed E-state index contributed by atoms with van der Waals surface area (Å²) in [5, 5.41) is 0. The standard InChI is InChI=1S/C9H9NO2/c1-3-5-10(2)9(11)8-4-6-12-7-8/h1,4,6-7H,5H2,2H3. The lowest BCUT2D eigenvalue weighted by Gasteiger charge is -2.11. The summed E-state index contributed by atoms with van der Waals surface area (Å²) in [6.45, 7) is 0.310. The van der Waals surface area contributed by atoms with Crippen molar-refractivity contribution in [2.75, 3.05) is 13.6 Å². The van der Waals surface area contributed by atoms with Crippen molar-refractivity contribution in [2.45, 2.75) is 0 Å². The molecular weight excluding hydrogens is 154 g/mol. The molecule has 0 aliphatic rings. The highest BCUT2D eigenvalue weighted by Crippen LogP contribution is 2.03. The third kappa shape index (κ3) is 1.67. The van der Waals surface area contributed by atoms with Gasteiger partial charge in [0, 0.05) is 7.05 Å². The Bertz CT molecular complexity index is 295. The van der Waals surface area contributed by atoms with Gasteiger partial charge in [-0.2, -0.15) is 0 Å². The zero-order valence-corrected chi connectivity index (χ0v) is 6.78. The molecule has 1 rings (SSSR count). The van der Waals surface area contributed by atoms with Crippen LogP contribution in [0.4, 0.5) is 0 Å². The zero-order valence-electron chi connectivity index (χ0n) is 6.78. The normalized spacial score (nSPS) is 9.00. The number of hydrogen-bond donors (Lipinski definition) is 0. The van der Waals surface area contributed by atoms with Crippen LogP contribution in [0.2, 0.25) is 0 Å². The summed E-state index contributed by atoms with van der Waals surface area (Å²) in [6, 6.07) is 1.61. The number of rotatable bonds is 2. The molecule has 0 saturated carbocycles. The van der Waals surface area contributed by atoms with Crippen LogP contribution in [0.3, 0.4) is 0 Å². The molecule has 12 heavy (non-hydrogen) atoms. The first-order chi connectivity index (χ1) is 5.75. The second-order valence-electron chi connectivity index (χ2n) is 2.38. The second-order valence-corrected chi connectivity index (χ2v) is 2.38. The number of hydrogen-bond acceptors (Lipinski definition) is 2. The molecule has 3 heteroatoms. The Morgan fingerprint density at radius 1 is 1.83 bits per heavy atom. The lowest BCUT2D eigenvalue weighted by Crippen LogP contribution is -2.26. The Kier molecular flexibility index (Phi) is 2.54. The van der Waals surface area contributed by atoms with E-state index >= 15 is 0 Å². The van der Waals surface area contributed by atoms with Gasteiger partial charge >= 0.3 is 0 Å². The number of nitrogens with zero attached hydrogens (tertiary/aromatic N) is 1. The smallest absolute Gasteiger partial charge is 0.257 e. The van der Waals surface area contributed by atoms with Gasteiger partial charge in [-0.3, -0.25) is 4.79 Å². The first-order valence-corrected chi connectivity index (χ1v) is 3.47. The minimum atomic E-state index is -0.123. The van der Waals surface area contributed by atoms with Gasteiger partial charge in [-0.1, -0.05) is 5.92 Å². The van der Waals surface area contributed by atoms with E-state index in [0.717, 1.165) is 0 Å². The SMILES string of the molecule is C#CCN(C)C(=O)c1ccoc1. The molecule has 1 aromatic rings. The van der Waals surface area contributed by atoms with Crippen molar-refractivity contribution in [1.82, 2.24) is 4.90 Å². The van der Waals surface area contributed by atoms with Crippen LogP contribution in [0.5, 0.6) is 0 Å². The molecule has 0 fully saturated rings. The van der Waals surface area contributed by atoms with E-state index in [-0.39, 0.29) is 5.91 Å². The zero-order chi connectivity index (χ0) is 8.97. The highest BCUT2D eigenvalue weighted by atomic mass is 16.3. The lowest BCUT2D eigenvalue weighted by molar-refractivity contribution is 0.0812. The summed E-state index contributed by atoms with van der Waals surface area (Å²) >= 11 is 0. The first kappa shape index (κ1) is 8.41. The molecule has 0 unspecified atom stereocenters. The summed E-state index contributed by atoms with van der Waals surface area (Å²) in [5.74, 6) is 2.26. The van der Waals surface area contributed by atoms with E-state index in [0.29, 0.717) is 12.1 Å². The van der Waals surface area contributed by atoms with Crippen molar-refractivity contribution >= 4 is 5.91 Å². The molecule has 1 amide bonds. The van der Waals surface area contributed by atoms with Crippen LogP contribution in [0, 0.1) is 12.3 Å². The molecule has 0 N–H and O–H groups in total. The average molecular weight is 163 g/mol. The monoisotopic (exact) mass is 163 g/mol. The number of terminal acetylenes is 1. The van der Waals surface area contributed by atoms with Crippen molar-refractivity contribution in [2.24, 2.45) is 0 Å². The number of carbonyl (C=O) groups is 1. The molecule has 0 spiro atoms. The van der Waals surface area contributed by atoms with Gasteiger partial charge in [-0.05, 0) is 6.07 Å². The van der Waals surface area contributed by atoms with Crippen LogP contribution in [0.1, 0.15) is 10.4 Å². The van der Waals surface area contributed by atoms with Gasteiger partial charge in [0.1, 0.15) is 6.26 Å². The molecular formula is C9H9NO2. The summed E-state index contributed by atoms with van der Waals surface area (Å²) in [6.07, 6.45) is 7.91. The van der Waals surface area contributed by atoms with Crippen LogP contribution in [-0.4, -0.2) is 24.4 Å². The predicted molar refractivity (Wildman–Crippen MR) is 44.5 cm³/mol. The minimum absolute atomic E-state index is 0.123. The molecule has 0 aromatic carbocycles. The highest BCUT2D eigenvalue weighted by molar-refractivity contribution is 5.93. The minimum Gasteiger partial charge on any atom is -0.472 e. The second kappa shape index (κ2) is 3.63. The van der Waals surface area contributed by atoms with Gasteiger partial charge in [0.2, 0.25) is 0 Å². The van der Waals surface area contributed by atoms with Crippen LogP contribution < -0.4 is 0 Å². The molecule has 3 nitrogen and oxygen atoms in total. The fourth-order valence-electron chi connectivity index (χ4n) is 0.815. The Morgan fingerprint density at radius 2 is 2.58 bits per heavy atom. The van der Waals surface area contributed by atoms with E-state index in [9.17, 15) is 4.79 Å². The first-order valence-electron chi connectivity index (χ1n) is 3.47. The van der Waals surface area contributed by atoms with Crippen LogP contribution >= 0.6 is 0 Å². The molecule has 0 radical (unpaired) electrons. The van der Waals surface area contributed by atoms with E-state index in [1.54, 1.807) is 13.1 Å². The van der Waals surface area contributed by atoms with Crippen molar-refractivity contribution < 1.29 is 9.21 Å². The van der Waals surface area contributed by atoms with Gasteiger partial charge < -0.3 is 9.32 Å². The maximum Gasteiger partial charge on any atom is 0.257 e. The summed E-state index contributed by atoms with van der Waals surface area (Å²) in [4.78, 5) is 12.8. The molecule has 62 valence electrons. The van der Waals surface area contributed by atoms with Gasteiger partial charge in [0.05, 0.1) is 18.4 Å². The van der Waals surface area contributed by atoms with Gasteiger partial charge in [0.25, 0.3) is 5.91 Å². The molecule has 0 atom stereocenters. The largest absolute Gasteiger partial charge is 0.472 e. The van der Waals surface area contributed by atoms with Crippen molar-refractivity contribution in [3.8, 4) is 12.3 Å². The Hall–Kier alpha value is -1.69. The van der Waals surface area contributed by atoms with E-state index in [4.69, 9.17) is 10.8 Å². The van der Waals surface area contributed by atoms with Gasteiger partial charge in [-0.15, -0.1) is 6.42 Å². The molecule has 0 bridgehead atoms. The van der Waals surface area contributed by atoms with Gasteiger partial charge in [-0.25, -0.2) is 0 Å². The van der Waals surface area contributed by atoms with Crippen LogP contribution in [0.25, 0.3) is 0 Å². The molecule has 1 heterocycles. The number of furan rings is 1. The maximum absolute atomic E-state index is 11.4. The quantitative estimate of drug-likeness (QED) is 0.609. The van der Waals surface area contributed by atoms with Crippen molar-refractivity contribution in [3.63, 3.8) is 0 Å². The summed E-state index contributed by atoms with van der Waals surface area (Å²) < 4.78 is 4.76.